The van der Waals surface area contributed by atoms with Gasteiger partial charge in [0.1, 0.15) is 0 Å². The third-order valence-electron chi connectivity index (χ3n) is 3.46. The van der Waals surface area contributed by atoms with E-state index in [2.05, 4.69) is 31.0 Å². The zero-order valence-corrected chi connectivity index (χ0v) is 9.84. The minimum absolute atomic E-state index is 0.450. The molecule has 2 atom stereocenters. The number of likely N-dealkylation sites (tertiary alicyclic amines) is 1. The summed E-state index contributed by atoms with van der Waals surface area (Å²) < 4.78 is 0. The molecule has 14 heavy (non-hydrogen) atoms. The Labute approximate surface area is 88.1 Å². The molecule has 0 radical (unpaired) electrons. The summed E-state index contributed by atoms with van der Waals surface area (Å²) in [5.41, 5.74) is 0.450. The van der Waals surface area contributed by atoms with Crippen LogP contribution in [0, 0.1) is 11.3 Å². The molecule has 2 unspecified atom stereocenters. The van der Waals surface area contributed by atoms with Crippen molar-refractivity contribution in [2.75, 3.05) is 26.2 Å². The smallest absolute Gasteiger partial charge is 0.0224 e. The minimum Gasteiger partial charge on any atom is -0.312 e. The van der Waals surface area contributed by atoms with Crippen molar-refractivity contribution in [3.05, 3.63) is 0 Å². The summed E-state index contributed by atoms with van der Waals surface area (Å²) in [6.45, 7) is 12.1. The van der Waals surface area contributed by atoms with Gasteiger partial charge >= 0.3 is 0 Å². The number of nitrogens with zero attached hydrogens (tertiary/aromatic N) is 1. The largest absolute Gasteiger partial charge is 0.312 e. The molecule has 0 amide bonds. The summed E-state index contributed by atoms with van der Waals surface area (Å²) in [5, 5.41) is 3.63. The van der Waals surface area contributed by atoms with Crippen molar-refractivity contribution >= 4 is 0 Å². The lowest BCUT2D eigenvalue weighted by atomic mass is 9.89. The van der Waals surface area contributed by atoms with Crippen molar-refractivity contribution in [3.8, 4) is 0 Å². The summed E-state index contributed by atoms with van der Waals surface area (Å²) in [6.07, 6.45) is 2.82. The Morgan fingerprint density at radius 3 is 2.79 bits per heavy atom. The first-order valence-corrected chi connectivity index (χ1v) is 6.00. The van der Waals surface area contributed by atoms with Gasteiger partial charge in [0.2, 0.25) is 0 Å². The average Bonchev–Trinajstić information content (AvgIpc) is 2.47. The third-order valence-corrected chi connectivity index (χ3v) is 3.46. The van der Waals surface area contributed by atoms with E-state index < -0.39 is 0 Å². The average molecular weight is 196 g/mol. The van der Waals surface area contributed by atoms with E-state index in [1.54, 1.807) is 0 Å². The lowest BCUT2D eigenvalue weighted by molar-refractivity contribution is 0.124. The van der Waals surface area contributed by atoms with Crippen molar-refractivity contribution in [2.45, 2.75) is 39.7 Å². The third kappa shape index (κ3) is 2.48. The topological polar surface area (TPSA) is 15.3 Å². The number of fused-ring (bicyclic) bond motifs is 1. The maximum atomic E-state index is 3.63. The van der Waals surface area contributed by atoms with E-state index in [-0.39, 0.29) is 0 Å². The van der Waals surface area contributed by atoms with Gasteiger partial charge in [-0.25, -0.2) is 0 Å². The van der Waals surface area contributed by atoms with E-state index in [1.165, 1.54) is 39.0 Å². The highest BCUT2D eigenvalue weighted by molar-refractivity contribution is 4.91. The van der Waals surface area contributed by atoms with Gasteiger partial charge in [-0.1, -0.05) is 20.8 Å². The van der Waals surface area contributed by atoms with Crippen molar-refractivity contribution in [2.24, 2.45) is 11.3 Å². The Balaban J connectivity index is 1.85. The summed E-state index contributed by atoms with van der Waals surface area (Å²) in [7, 11) is 0. The SMILES string of the molecule is CC(C)(C)CN1CCC2CCNC2C1. The highest BCUT2D eigenvalue weighted by Gasteiger charge is 2.33. The summed E-state index contributed by atoms with van der Waals surface area (Å²) in [6, 6.07) is 0.797. The molecule has 0 saturated carbocycles. The number of nitrogens with one attached hydrogen (secondary N) is 1. The van der Waals surface area contributed by atoms with Crippen LogP contribution < -0.4 is 5.32 Å². The van der Waals surface area contributed by atoms with Crippen molar-refractivity contribution in [1.29, 1.82) is 0 Å². The Kier molecular flexibility index (Phi) is 2.85. The fourth-order valence-electron chi connectivity index (χ4n) is 2.91. The fraction of sp³-hybridized carbons (Fsp3) is 1.00. The fourth-order valence-corrected chi connectivity index (χ4v) is 2.91. The highest BCUT2D eigenvalue weighted by atomic mass is 15.2. The molecule has 2 aliphatic heterocycles. The molecular formula is C12H24N2. The van der Waals surface area contributed by atoms with Crippen LogP contribution in [0.25, 0.3) is 0 Å². The molecule has 0 aromatic rings. The van der Waals surface area contributed by atoms with Crippen LogP contribution in [0.2, 0.25) is 0 Å². The van der Waals surface area contributed by atoms with Gasteiger partial charge in [0, 0.05) is 19.1 Å². The Morgan fingerprint density at radius 1 is 1.29 bits per heavy atom. The standard InChI is InChI=1S/C12H24N2/c1-12(2,3)9-14-7-5-10-4-6-13-11(10)8-14/h10-11,13H,4-9H2,1-3H3. The van der Waals surface area contributed by atoms with Crippen molar-refractivity contribution in [1.82, 2.24) is 10.2 Å². The van der Waals surface area contributed by atoms with E-state index in [9.17, 15) is 0 Å². The van der Waals surface area contributed by atoms with Crippen LogP contribution in [0.15, 0.2) is 0 Å². The molecule has 0 spiro atoms. The predicted molar refractivity (Wildman–Crippen MR) is 60.4 cm³/mol. The van der Waals surface area contributed by atoms with Crippen molar-refractivity contribution in [3.63, 3.8) is 0 Å². The van der Waals surface area contributed by atoms with Gasteiger partial charge in [-0.3, -0.25) is 0 Å². The molecule has 2 heteroatoms. The molecule has 1 N–H and O–H groups in total. The second kappa shape index (κ2) is 3.82. The van der Waals surface area contributed by atoms with Gasteiger partial charge < -0.3 is 10.2 Å². The molecule has 2 aliphatic rings. The molecule has 82 valence electrons. The first-order valence-electron chi connectivity index (χ1n) is 6.00. The number of hydrogen-bond acceptors (Lipinski definition) is 2. The van der Waals surface area contributed by atoms with E-state index in [0.717, 1.165) is 12.0 Å². The van der Waals surface area contributed by atoms with Crippen LogP contribution in [-0.2, 0) is 0 Å². The molecule has 0 bridgehead atoms. The Morgan fingerprint density at radius 2 is 2.07 bits per heavy atom. The second-order valence-electron chi connectivity index (χ2n) is 6.19. The molecule has 2 heterocycles. The predicted octanol–water partition coefficient (Wildman–Crippen LogP) is 1.72. The molecule has 2 fully saturated rings. The monoisotopic (exact) mass is 196 g/mol. The van der Waals surface area contributed by atoms with Crippen LogP contribution in [0.5, 0.6) is 0 Å². The molecule has 0 aromatic heterocycles. The van der Waals surface area contributed by atoms with Crippen molar-refractivity contribution < 1.29 is 0 Å². The van der Waals surface area contributed by atoms with Crippen LogP contribution in [-0.4, -0.2) is 37.1 Å². The van der Waals surface area contributed by atoms with E-state index in [1.807, 2.05) is 0 Å². The normalized spacial score (nSPS) is 34.5. The summed E-state index contributed by atoms with van der Waals surface area (Å²) in [5.74, 6) is 0.978. The van der Waals surface area contributed by atoms with E-state index >= 15 is 0 Å². The Bertz CT molecular complexity index is 195. The van der Waals surface area contributed by atoms with Crippen LogP contribution in [0.3, 0.4) is 0 Å². The summed E-state index contributed by atoms with van der Waals surface area (Å²) >= 11 is 0. The molecule has 2 rings (SSSR count). The molecule has 0 aromatic carbocycles. The van der Waals surface area contributed by atoms with Gasteiger partial charge in [0.05, 0.1) is 0 Å². The first-order chi connectivity index (χ1) is 6.54. The van der Waals surface area contributed by atoms with Gasteiger partial charge in [-0.15, -0.1) is 0 Å². The number of piperidine rings is 1. The highest BCUT2D eigenvalue weighted by Crippen LogP contribution is 2.27. The maximum absolute atomic E-state index is 3.63. The van der Waals surface area contributed by atoms with Crippen LogP contribution in [0.1, 0.15) is 33.6 Å². The number of hydrogen-bond donors (Lipinski definition) is 1. The quantitative estimate of drug-likeness (QED) is 0.687. The van der Waals surface area contributed by atoms with Crippen LogP contribution in [0.4, 0.5) is 0 Å². The second-order valence-corrected chi connectivity index (χ2v) is 6.19. The first kappa shape index (κ1) is 10.4. The maximum Gasteiger partial charge on any atom is 0.0224 e. The zero-order chi connectivity index (χ0) is 10.2. The van der Waals surface area contributed by atoms with Gasteiger partial charge in [0.25, 0.3) is 0 Å². The van der Waals surface area contributed by atoms with E-state index in [0.29, 0.717) is 5.41 Å². The lowest BCUT2D eigenvalue weighted by Crippen LogP contribution is -2.48. The molecular weight excluding hydrogens is 172 g/mol. The molecule has 2 saturated heterocycles. The summed E-state index contributed by atoms with van der Waals surface area (Å²) in [4.78, 5) is 2.64. The molecule has 0 aliphatic carbocycles. The zero-order valence-electron chi connectivity index (χ0n) is 9.84. The Hall–Kier alpha value is -0.0800. The lowest BCUT2D eigenvalue weighted by Gasteiger charge is -2.38. The van der Waals surface area contributed by atoms with Gasteiger partial charge in [-0.05, 0) is 37.3 Å². The minimum atomic E-state index is 0.450. The molecule has 2 nitrogen and oxygen atoms in total. The van der Waals surface area contributed by atoms with Crippen LogP contribution >= 0.6 is 0 Å². The van der Waals surface area contributed by atoms with E-state index in [4.69, 9.17) is 0 Å². The van der Waals surface area contributed by atoms with Gasteiger partial charge in [0.15, 0.2) is 0 Å². The van der Waals surface area contributed by atoms with Gasteiger partial charge in [-0.2, -0.15) is 0 Å². The number of rotatable bonds is 1.